The van der Waals surface area contributed by atoms with E-state index in [1.165, 1.54) is 21.6 Å². The van der Waals surface area contributed by atoms with E-state index in [4.69, 9.17) is 5.73 Å². The van der Waals surface area contributed by atoms with E-state index in [2.05, 4.69) is 32.9 Å². The van der Waals surface area contributed by atoms with Crippen LogP contribution in [0.4, 0.5) is 0 Å². The Balaban J connectivity index is 1.66. The van der Waals surface area contributed by atoms with Crippen LogP contribution in [0.5, 0.6) is 0 Å². The Morgan fingerprint density at radius 3 is 2.21 bits per heavy atom. The van der Waals surface area contributed by atoms with Gasteiger partial charge in [-0.05, 0) is 66.2 Å². The molecule has 0 aliphatic heterocycles. The highest BCUT2D eigenvalue weighted by Gasteiger charge is 2.31. The van der Waals surface area contributed by atoms with Crippen LogP contribution in [0.15, 0.2) is 24.3 Å². The normalized spacial score (nSPS) is 15.2. The highest BCUT2D eigenvalue weighted by molar-refractivity contribution is 7.14. The molecule has 4 heteroatoms. The first-order chi connectivity index (χ1) is 13.3. The van der Waals surface area contributed by atoms with Gasteiger partial charge >= 0.3 is 0 Å². The van der Waals surface area contributed by atoms with Gasteiger partial charge in [0.1, 0.15) is 0 Å². The molecule has 0 atom stereocenters. The molecular formula is C24H31NO2S. The summed E-state index contributed by atoms with van der Waals surface area (Å²) in [5.41, 5.74) is 10.6. The van der Waals surface area contributed by atoms with Crippen LogP contribution in [0.3, 0.4) is 0 Å². The summed E-state index contributed by atoms with van der Waals surface area (Å²) in [6.07, 6.45) is 6.67. The SMILES string of the molecule is CCc1sc(C(=O)CCc2ccc(CCC(N)=O)cc2)c2c1CC(C)(C)CC2. The summed E-state index contributed by atoms with van der Waals surface area (Å²) in [6.45, 7) is 6.87. The summed E-state index contributed by atoms with van der Waals surface area (Å²) < 4.78 is 0. The van der Waals surface area contributed by atoms with Crippen molar-refractivity contribution < 1.29 is 9.59 Å². The van der Waals surface area contributed by atoms with Crippen LogP contribution in [0.1, 0.15) is 76.8 Å². The number of thiophene rings is 1. The van der Waals surface area contributed by atoms with E-state index < -0.39 is 0 Å². The Morgan fingerprint density at radius 1 is 1.04 bits per heavy atom. The molecule has 28 heavy (non-hydrogen) atoms. The van der Waals surface area contributed by atoms with Gasteiger partial charge in [-0.15, -0.1) is 11.3 Å². The third-order valence-corrected chi connectivity index (χ3v) is 7.27. The van der Waals surface area contributed by atoms with Crippen molar-refractivity contribution in [3.05, 3.63) is 56.3 Å². The summed E-state index contributed by atoms with van der Waals surface area (Å²) in [4.78, 5) is 26.3. The van der Waals surface area contributed by atoms with Gasteiger partial charge in [0.25, 0.3) is 0 Å². The number of amides is 1. The Morgan fingerprint density at radius 2 is 1.64 bits per heavy atom. The second-order valence-electron chi connectivity index (χ2n) is 8.71. The minimum absolute atomic E-state index is 0.274. The molecule has 1 aromatic carbocycles. The van der Waals surface area contributed by atoms with Gasteiger partial charge in [-0.1, -0.05) is 45.0 Å². The lowest BCUT2D eigenvalue weighted by Crippen LogP contribution is -2.22. The predicted octanol–water partition coefficient (Wildman–Crippen LogP) is 5.06. The van der Waals surface area contributed by atoms with Crippen molar-refractivity contribution in [3.8, 4) is 0 Å². The molecule has 2 aromatic rings. The first kappa shape index (κ1) is 20.8. The van der Waals surface area contributed by atoms with E-state index in [1.54, 1.807) is 11.3 Å². The molecule has 0 radical (unpaired) electrons. The van der Waals surface area contributed by atoms with Crippen LogP contribution in [0.2, 0.25) is 0 Å². The number of carbonyl (C=O) groups excluding carboxylic acids is 2. The van der Waals surface area contributed by atoms with Gasteiger partial charge in [-0.25, -0.2) is 0 Å². The van der Waals surface area contributed by atoms with E-state index in [-0.39, 0.29) is 5.91 Å². The number of aryl methyl sites for hydroxylation is 3. The molecule has 0 saturated carbocycles. The minimum atomic E-state index is -0.274. The van der Waals surface area contributed by atoms with E-state index in [0.717, 1.165) is 42.5 Å². The molecular weight excluding hydrogens is 366 g/mol. The molecule has 0 saturated heterocycles. The van der Waals surface area contributed by atoms with E-state index >= 15 is 0 Å². The van der Waals surface area contributed by atoms with Crippen molar-refractivity contribution >= 4 is 23.0 Å². The van der Waals surface area contributed by atoms with Gasteiger partial charge in [0, 0.05) is 17.7 Å². The zero-order valence-corrected chi connectivity index (χ0v) is 18.1. The second-order valence-corrected chi connectivity index (χ2v) is 9.82. The number of Topliss-reactive ketones (excluding diaryl/α,β-unsaturated/α-hetero) is 1. The molecule has 0 fully saturated rings. The van der Waals surface area contributed by atoms with Crippen LogP contribution in [-0.2, 0) is 36.9 Å². The summed E-state index contributed by atoms with van der Waals surface area (Å²) in [7, 11) is 0. The van der Waals surface area contributed by atoms with Gasteiger partial charge in [0.15, 0.2) is 5.78 Å². The van der Waals surface area contributed by atoms with E-state index in [0.29, 0.717) is 30.5 Å². The van der Waals surface area contributed by atoms with Gasteiger partial charge < -0.3 is 5.73 Å². The highest BCUT2D eigenvalue weighted by atomic mass is 32.1. The maximum absolute atomic E-state index is 13.0. The third kappa shape index (κ3) is 4.91. The highest BCUT2D eigenvalue weighted by Crippen LogP contribution is 2.42. The molecule has 3 nitrogen and oxygen atoms in total. The Hall–Kier alpha value is -1.94. The summed E-state index contributed by atoms with van der Waals surface area (Å²) >= 11 is 1.74. The van der Waals surface area contributed by atoms with Crippen molar-refractivity contribution in [1.82, 2.24) is 0 Å². The number of hydrogen-bond donors (Lipinski definition) is 1. The second kappa shape index (κ2) is 8.60. The van der Waals surface area contributed by atoms with Gasteiger partial charge in [0.2, 0.25) is 5.91 Å². The van der Waals surface area contributed by atoms with Crippen molar-refractivity contribution in [2.45, 2.75) is 72.1 Å². The lowest BCUT2D eigenvalue weighted by atomic mass is 9.74. The first-order valence-corrected chi connectivity index (χ1v) is 11.1. The quantitative estimate of drug-likeness (QED) is 0.633. The van der Waals surface area contributed by atoms with Crippen LogP contribution < -0.4 is 5.73 Å². The van der Waals surface area contributed by atoms with Crippen molar-refractivity contribution in [2.75, 3.05) is 0 Å². The topological polar surface area (TPSA) is 60.2 Å². The zero-order chi connectivity index (χ0) is 20.3. The fourth-order valence-corrected chi connectivity index (χ4v) is 5.35. The number of hydrogen-bond acceptors (Lipinski definition) is 3. The average molecular weight is 398 g/mol. The zero-order valence-electron chi connectivity index (χ0n) is 17.3. The van der Waals surface area contributed by atoms with Crippen molar-refractivity contribution in [3.63, 3.8) is 0 Å². The van der Waals surface area contributed by atoms with Crippen LogP contribution >= 0.6 is 11.3 Å². The molecule has 1 heterocycles. The Kier molecular flexibility index (Phi) is 6.39. The fourth-order valence-electron chi connectivity index (χ4n) is 4.07. The molecule has 1 amide bonds. The standard InChI is InChI=1S/C24H31NO2S/c1-4-21-19-15-24(2,3)14-13-18(19)23(28-21)20(26)11-9-16-5-7-17(8-6-16)10-12-22(25)27/h5-8H,4,9-15H2,1-3H3,(H2,25,27). The molecule has 0 bridgehead atoms. The number of carbonyl (C=O) groups is 2. The number of ketones is 1. The molecule has 0 spiro atoms. The van der Waals surface area contributed by atoms with Crippen LogP contribution in [0, 0.1) is 5.41 Å². The largest absolute Gasteiger partial charge is 0.370 e. The number of nitrogens with two attached hydrogens (primary N) is 1. The summed E-state index contributed by atoms with van der Waals surface area (Å²) in [6, 6.07) is 8.20. The van der Waals surface area contributed by atoms with Gasteiger partial charge in [0.05, 0.1) is 4.88 Å². The van der Waals surface area contributed by atoms with Crippen molar-refractivity contribution in [1.29, 1.82) is 0 Å². The lowest BCUT2D eigenvalue weighted by molar-refractivity contribution is -0.117. The maximum Gasteiger partial charge on any atom is 0.217 e. The number of fused-ring (bicyclic) bond motifs is 1. The summed E-state index contributed by atoms with van der Waals surface area (Å²) in [5, 5.41) is 0. The third-order valence-electron chi connectivity index (χ3n) is 5.81. The van der Waals surface area contributed by atoms with E-state index in [1.807, 2.05) is 12.1 Å². The van der Waals surface area contributed by atoms with Crippen molar-refractivity contribution in [2.24, 2.45) is 11.1 Å². The smallest absolute Gasteiger partial charge is 0.217 e. The molecule has 1 aromatic heterocycles. The molecule has 3 rings (SSSR count). The Labute approximate surface area is 172 Å². The Bertz CT molecular complexity index is 861. The predicted molar refractivity (Wildman–Crippen MR) is 116 cm³/mol. The first-order valence-electron chi connectivity index (χ1n) is 10.3. The monoisotopic (exact) mass is 397 g/mol. The number of primary amides is 1. The van der Waals surface area contributed by atoms with Crippen LogP contribution in [0.25, 0.3) is 0 Å². The molecule has 0 unspecified atom stereocenters. The fraction of sp³-hybridized carbons (Fsp3) is 0.500. The molecule has 150 valence electrons. The van der Waals surface area contributed by atoms with Gasteiger partial charge in [-0.3, -0.25) is 9.59 Å². The molecule has 1 aliphatic carbocycles. The van der Waals surface area contributed by atoms with Crippen LogP contribution in [-0.4, -0.2) is 11.7 Å². The maximum atomic E-state index is 13.0. The molecule has 2 N–H and O–H groups in total. The average Bonchev–Trinajstić information content (AvgIpc) is 3.01. The lowest BCUT2D eigenvalue weighted by Gasteiger charge is -2.30. The summed E-state index contributed by atoms with van der Waals surface area (Å²) in [5.74, 6) is 0.0160. The molecule has 1 aliphatic rings. The number of rotatable bonds is 8. The van der Waals surface area contributed by atoms with E-state index in [9.17, 15) is 9.59 Å². The minimum Gasteiger partial charge on any atom is -0.370 e. The number of benzene rings is 1. The van der Waals surface area contributed by atoms with Gasteiger partial charge in [-0.2, -0.15) is 0 Å².